The second kappa shape index (κ2) is 24.9. The smallest absolute Gasteiger partial charge is 0.410 e. The van der Waals surface area contributed by atoms with Gasteiger partial charge in [0.2, 0.25) is 5.91 Å². The molecule has 5 amide bonds. The molecule has 1 unspecified atom stereocenters. The van der Waals surface area contributed by atoms with E-state index in [0.717, 1.165) is 17.7 Å². The number of amides is 5. The summed E-state index contributed by atoms with van der Waals surface area (Å²) in [6, 6.07) is -4.73. The zero-order valence-corrected chi connectivity index (χ0v) is 43.7. The third-order valence-corrected chi connectivity index (χ3v) is 11.2. The van der Waals surface area contributed by atoms with Crippen molar-refractivity contribution in [2.75, 3.05) is 39.8 Å². The van der Waals surface area contributed by atoms with Crippen molar-refractivity contribution in [3.8, 4) is 0 Å². The molecule has 1 saturated heterocycles. The molecule has 23 heteroatoms. The summed E-state index contributed by atoms with van der Waals surface area (Å²) in [6.07, 6.45) is -9.99. The van der Waals surface area contributed by atoms with Crippen LogP contribution in [-0.4, -0.2) is 184 Å². The fourth-order valence-corrected chi connectivity index (χ4v) is 8.33. The molecule has 0 bridgehead atoms. The Morgan fingerprint density at radius 1 is 0.800 bits per heavy atom. The third kappa shape index (κ3) is 19.4. The Morgan fingerprint density at radius 2 is 1.36 bits per heavy atom. The molecule has 3 aliphatic rings. The lowest BCUT2D eigenvalue weighted by Crippen LogP contribution is -2.71. The number of nitrogens with two attached hydrogens (primary N) is 1. The van der Waals surface area contributed by atoms with E-state index >= 15 is 0 Å². The molecule has 23 nitrogen and oxygen atoms in total. The van der Waals surface area contributed by atoms with E-state index in [2.05, 4.69) is 26.6 Å². The number of rotatable bonds is 17. The molecule has 0 aromatic heterocycles. The van der Waals surface area contributed by atoms with Crippen LogP contribution in [0.4, 0.5) is 19.2 Å². The van der Waals surface area contributed by atoms with Gasteiger partial charge >= 0.3 is 24.4 Å². The minimum atomic E-state index is -1.86. The van der Waals surface area contributed by atoms with Gasteiger partial charge in [-0.1, -0.05) is 0 Å². The van der Waals surface area contributed by atoms with Crippen LogP contribution in [0, 0.1) is 5.92 Å². The molecule has 1 aliphatic carbocycles. The van der Waals surface area contributed by atoms with E-state index in [1.807, 2.05) is 0 Å². The van der Waals surface area contributed by atoms with Crippen molar-refractivity contribution in [1.82, 2.24) is 31.5 Å². The minimum absolute atomic E-state index is 0.168. The first-order valence-electron chi connectivity index (χ1n) is 24.1. The molecule has 2 aliphatic heterocycles. The number of ether oxygens (including phenoxy) is 7. The summed E-state index contributed by atoms with van der Waals surface area (Å²) in [7, 11) is 1.33. The van der Waals surface area contributed by atoms with Gasteiger partial charge in [0.15, 0.2) is 6.29 Å². The van der Waals surface area contributed by atoms with Gasteiger partial charge in [-0.2, -0.15) is 0 Å². The largest absolute Gasteiger partial charge is 0.491 e. The Labute approximate surface area is 412 Å². The lowest BCUT2D eigenvalue weighted by Gasteiger charge is -2.52. The molecule has 2 heterocycles. The van der Waals surface area contributed by atoms with Gasteiger partial charge in [-0.05, 0) is 141 Å². The van der Waals surface area contributed by atoms with Crippen molar-refractivity contribution in [1.29, 1.82) is 0 Å². The third-order valence-electron chi connectivity index (χ3n) is 11.2. The Hall–Kier alpha value is -4.23. The lowest BCUT2D eigenvalue weighted by molar-refractivity contribution is -0.305. The summed E-state index contributed by atoms with van der Waals surface area (Å²) >= 11 is 0. The Morgan fingerprint density at radius 3 is 1.91 bits per heavy atom. The number of hydrogen-bond acceptors (Lipinski definition) is 18. The van der Waals surface area contributed by atoms with Gasteiger partial charge < -0.3 is 90.8 Å². The molecule has 2 fully saturated rings. The molecule has 404 valence electrons. The van der Waals surface area contributed by atoms with Crippen molar-refractivity contribution in [2.24, 2.45) is 11.7 Å². The number of carbonyl (C=O) groups is 5. The van der Waals surface area contributed by atoms with E-state index < -0.39 is 132 Å². The predicted octanol–water partition coefficient (Wildman–Crippen LogP) is 2.00. The number of nitrogens with zero attached hydrogens (tertiary/aromatic N) is 1. The topological polar surface area (TPSA) is 320 Å². The van der Waals surface area contributed by atoms with Gasteiger partial charge in [-0.3, -0.25) is 4.79 Å². The number of hydrogen-bond donors (Lipinski definition) is 10. The number of nitrogens with one attached hydrogen (secondary N) is 5. The molecule has 3 rings (SSSR count). The number of alkyl carbamates (subject to hydrolysis) is 3. The highest BCUT2D eigenvalue weighted by molar-refractivity contribution is 5.81. The molecule has 70 heavy (non-hydrogen) atoms. The van der Waals surface area contributed by atoms with Crippen LogP contribution in [0.25, 0.3) is 0 Å². The molecule has 0 radical (unpaired) electrons. The fourth-order valence-electron chi connectivity index (χ4n) is 8.33. The van der Waals surface area contributed by atoms with Crippen molar-refractivity contribution in [3.05, 3.63) is 11.8 Å². The van der Waals surface area contributed by atoms with Crippen molar-refractivity contribution >= 4 is 30.3 Å². The highest BCUT2D eigenvalue weighted by Gasteiger charge is 2.56. The Bertz CT molecular complexity index is 1770. The van der Waals surface area contributed by atoms with Crippen LogP contribution in [0.3, 0.4) is 0 Å². The van der Waals surface area contributed by atoms with Gasteiger partial charge in [0, 0.05) is 25.6 Å². The second-order valence-electron chi connectivity index (χ2n) is 22.5. The van der Waals surface area contributed by atoms with Crippen molar-refractivity contribution in [3.63, 3.8) is 0 Å². The normalized spacial score (nSPS) is 29.0. The first-order chi connectivity index (χ1) is 32.1. The summed E-state index contributed by atoms with van der Waals surface area (Å²) in [5.41, 5.74) is 0.221. The summed E-state index contributed by atoms with van der Waals surface area (Å²) in [5, 5.41) is 61.7. The van der Waals surface area contributed by atoms with Crippen LogP contribution in [0.1, 0.15) is 122 Å². The molecule has 0 aromatic rings. The van der Waals surface area contributed by atoms with Crippen molar-refractivity contribution in [2.45, 2.75) is 211 Å². The molecular formula is C47H85N7O16. The number of carbonyl (C=O) groups excluding carboxylic acids is 5. The monoisotopic (exact) mass is 1000 g/mol. The van der Waals surface area contributed by atoms with Crippen LogP contribution in [0.15, 0.2) is 11.8 Å². The Balaban J connectivity index is 2.16. The van der Waals surface area contributed by atoms with E-state index in [9.17, 15) is 44.4 Å². The average molecular weight is 1000 g/mol. The molecule has 1 saturated carbocycles. The van der Waals surface area contributed by atoms with Crippen LogP contribution < -0.4 is 32.3 Å². The standard InChI is InChI=1S/C47H85N7O16/c1-43(2,3)67-39(59)50-22-19-30(55)37(58)51-29-23-28(53-41(61)69-45(7,8)9)31(34-27(52-40(60)68-44(4,5)6)18-17-26(65-34)24-49-21-16-15-20-48)32(56)35(29)66-38-33(57)36(47(13,63)25-64-38)54(14)42(62)70-46(10,11)12/h17,27-36,38,49,55-57,63H,15-16,18-25,48H2,1-14H3,(H,50,59)(H,51,58)(H,52,60)(H,53,61)/t27-,28+,29-,30+,31-,32+,33-,34?,35+,36-,38-,47+/m1/s1. The number of likely N-dealkylation sites (N-methyl/N-ethyl adjacent to an activating group) is 1. The van der Waals surface area contributed by atoms with E-state index in [1.54, 1.807) is 89.2 Å². The van der Waals surface area contributed by atoms with Gasteiger partial charge in [0.1, 0.15) is 58.2 Å². The first-order valence-corrected chi connectivity index (χ1v) is 24.1. The zero-order valence-electron chi connectivity index (χ0n) is 43.7. The molecule has 12 atom stereocenters. The zero-order chi connectivity index (χ0) is 53.2. The molecule has 11 N–H and O–H groups in total. The van der Waals surface area contributed by atoms with E-state index in [0.29, 0.717) is 18.8 Å². The maximum atomic E-state index is 13.9. The highest BCUT2D eigenvalue weighted by atomic mass is 16.7. The van der Waals surface area contributed by atoms with Crippen LogP contribution in [0.5, 0.6) is 0 Å². The number of aliphatic hydroxyl groups is 4. The molecule has 0 aromatic carbocycles. The summed E-state index contributed by atoms with van der Waals surface area (Å²) in [4.78, 5) is 67.7. The summed E-state index contributed by atoms with van der Waals surface area (Å²) in [5.74, 6) is -1.70. The SMILES string of the molecule is CN(C(=O)OC(C)(C)C)[C@@H]1[C@@H](O)[C@@H](O[C@@H]2[C@@H](O)[C@H](C3OC(CNCCCCN)=CC[C@H]3NC(=O)OC(C)(C)C)[C@@H](NC(=O)OC(C)(C)C)C[C@H]2NC(=O)[C@@H](O)CCNC(=O)OC(C)(C)C)OC[C@]1(C)O. The van der Waals surface area contributed by atoms with Crippen LogP contribution >= 0.6 is 0 Å². The molecule has 0 spiro atoms. The molecular weight excluding hydrogens is 919 g/mol. The number of unbranched alkanes of at least 4 members (excludes halogenated alkanes) is 1. The quantitative estimate of drug-likeness (QED) is 0.0736. The maximum Gasteiger partial charge on any atom is 0.410 e. The second-order valence-corrected chi connectivity index (χ2v) is 22.5. The minimum Gasteiger partial charge on any atom is -0.491 e. The van der Waals surface area contributed by atoms with E-state index in [1.165, 1.54) is 14.0 Å². The lowest BCUT2D eigenvalue weighted by atomic mass is 9.72. The number of aliphatic hydroxyl groups excluding tert-OH is 3. The summed E-state index contributed by atoms with van der Waals surface area (Å²) in [6.45, 7) is 22.2. The average Bonchev–Trinajstić information content (AvgIpc) is 3.17. The highest BCUT2D eigenvalue weighted by Crippen LogP contribution is 2.39. The van der Waals surface area contributed by atoms with Gasteiger partial charge in [-0.15, -0.1) is 0 Å². The van der Waals surface area contributed by atoms with Gasteiger partial charge in [0.25, 0.3) is 0 Å². The van der Waals surface area contributed by atoms with Gasteiger partial charge in [-0.25, -0.2) is 19.2 Å². The Kier molecular flexibility index (Phi) is 21.4. The maximum absolute atomic E-state index is 13.9. The van der Waals surface area contributed by atoms with E-state index in [-0.39, 0.29) is 32.4 Å². The van der Waals surface area contributed by atoms with Gasteiger partial charge in [0.05, 0.1) is 37.4 Å². The first kappa shape index (κ1) is 60.1. The fraction of sp³-hybridized carbons (Fsp3) is 0.851. The van der Waals surface area contributed by atoms with Crippen molar-refractivity contribution < 1.29 is 77.6 Å². The predicted molar refractivity (Wildman–Crippen MR) is 255 cm³/mol. The summed E-state index contributed by atoms with van der Waals surface area (Å²) < 4.78 is 41.2. The van der Waals surface area contributed by atoms with Crippen LogP contribution in [0.2, 0.25) is 0 Å². The van der Waals surface area contributed by atoms with E-state index in [4.69, 9.17) is 38.9 Å². The van der Waals surface area contributed by atoms with Crippen LogP contribution in [-0.2, 0) is 38.0 Å².